The van der Waals surface area contributed by atoms with Gasteiger partial charge in [-0.2, -0.15) is 0 Å². The van der Waals surface area contributed by atoms with Crippen LogP contribution in [0.4, 0.5) is 5.95 Å². The molecule has 7 nitrogen and oxygen atoms in total. The maximum Gasteiger partial charge on any atom is 0.254 e. The number of ether oxygens (including phenoxy) is 1. The first-order valence-corrected chi connectivity index (χ1v) is 9.72. The van der Waals surface area contributed by atoms with Gasteiger partial charge in [0.2, 0.25) is 5.95 Å². The fourth-order valence-electron chi connectivity index (χ4n) is 5.80. The lowest BCUT2D eigenvalue weighted by Crippen LogP contribution is -2.48. The Morgan fingerprint density at radius 2 is 2.08 bits per heavy atom. The first kappa shape index (κ1) is 16.4. The van der Waals surface area contributed by atoms with Gasteiger partial charge in [0.15, 0.2) is 0 Å². The lowest BCUT2D eigenvalue weighted by Gasteiger charge is -2.38. The molecule has 0 aromatic carbocycles. The van der Waals surface area contributed by atoms with Gasteiger partial charge < -0.3 is 20.1 Å². The predicted octanol–water partition coefficient (Wildman–Crippen LogP) is 0.901. The van der Waals surface area contributed by atoms with Crippen molar-refractivity contribution in [1.29, 1.82) is 0 Å². The van der Waals surface area contributed by atoms with E-state index in [0.717, 1.165) is 38.8 Å². The van der Waals surface area contributed by atoms with Crippen molar-refractivity contribution < 1.29 is 14.6 Å². The van der Waals surface area contributed by atoms with Crippen LogP contribution in [-0.4, -0.2) is 58.9 Å². The molecule has 1 amide bonds. The average Bonchev–Trinajstić information content (AvgIpc) is 3.00. The zero-order chi connectivity index (χ0) is 17.9. The second kappa shape index (κ2) is 5.89. The summed E-state index contributed by atoms with van der Waals surface area (Å²) in [7, 11) is 0. The number of anilines is 1. The molecular weight excluding hydrogens is 332 g/mol. The van der Waals surface area contributed by atoms with Crippen LogP contribution in [0, 0.1) is 24.7 Å². The van der Waals surface area contributed by atoms with Crippen LogP contribution >= 0.6 is 0 Å². The van der Waals surface area contributed by atoms with E-state index in [0.29, 0.717) is 48.2 Å². The van der Waals surface area contributed by atoms with Crippen molar-refractivity contribution in [2.45, 2.75) is 44.2 Å². The lowest BCUT2D eigenvalue weighted by molar-refractivity contribution is -0.0192. The minimum atomic E-state index is -0.460. The van der Waals surface area contributed by atoms with Gasteiger partial charge in [-0.3, -0.25) is 4.79 Å². The summed E-state index contributed by atoms with van der Waals surface area (Å²) >= 11 is 0. The van der Waals surface area contributed by atoms with Gasteiger partial charge in [-0.25, -0.2) is 9.97 Å². The van der Waals surface area contributed by atoms with Crippen LogP contribution in [0.1, 0.15) is 41.7 Å². The number of nitrogens with one attached hydrogen (secondary N) is 1. The number of hydrogen-bond donors (Lipinski definition) is 2. The third kappa shape index (κ3) is 2.60. The molecule has 140 valence electrons. The average molecular weight is 358 g/mol. The molecule has 2 heterocycles. The van der Waals surface area contributed by atoms with Crippen LogP contribution < -0.4 is 10.2 Å². The fraction of sp³-hybridized carbons (Fsp3) is 0.737. The van der Waals surface area contributed by atoms with E-state index in [1.807, 2.05) is 6.92 Å². The first-order valence-electron chi connectivity index (χ1n) is 9.72. The highest BCUT2D eigenvalue weighted by Gasteiger charge is 2.60. The Kier molecular flexibility index (Phi) is 3.72. The van der Waals surface area contributed by atoms with E-state index in [2.05, 4.69) is 20.2 Å². The van der Waals surface area contributed by atoms with E-state index < -0.39 is 5.60 Å². The molecule has 0 radical (unpaired) electrons. The first-order chi connectivity index (χ1) is 12.5. The van der Waals surface area contributed by atoms with E-state index >= 15 is 0 Å². The van der Waals surface area contributed by atoms with E-state index in [-0.39, 0.29) is 11.9 Å². The van der Waals surface area contributed by atoms with Crippen LogP contribution in [0.15, 0.2) is 6.20 Å². The topological polar surface area (TPSA) is 87.6 Å². The highest BCUT2D eigenvalue weighted by atomic mass is 16.5. The number of aryl methyl sites for hydroxylation is 1. The summed E-state index contributed by atoms with van der Waals surface area (Å²) in [6, 6.07) is 0.189. The number of rotatable bonds is 3. The fourth-order valence-corrected chi connectivity index (χ4v) is 5.80. The zero-order valence-corrected chi connectivity index (χ0v) is 15.1. The second-order valence-corrected chi connectivity index (χ2v) is 8.52. The highest BCUT2D eigenvalue weighted by Crippen LogP contribution is 2.59. The molecule has 1 aromatic heterocycles. The van der Waals surface area contributed by atoms with Crippen molar-refractivity contribution in [3.05, 3.63) is 17.5 Å². The molecule has 2 N–H and O–H groups in total. The van der Waals surface area contributed by atoms with Gasteiger partial charge in [-0.05, 0) is 50.4 Å². The van der Waals surface area contributed by atoms with Crippen molar-refractivity contribution in [3.8, 4) is 0 Å². The van der Waals surface area contributed by atoms with Crippen LogP contribution in [0.25, 0.3) is 0 Å². The van der Waals surface area contributed by atoms with Gasteiger partial charge in [0.25, 0.3) is 5.91 Å². The van der Waals surface area contributed by atoms with E-state index in [1.54, 1.807) is 6.20 Å². The largest absolute Gasteiger partial charge is 0.390 e. The summed E-state index contributed by atoms with van der Waals surface area (Å²) in [6.07, 6.45) is 5.38. The van der Waals surface area contributed by atoms with Crippen molar-refractivity contribution in [1.82, 2.24) is 15.3 Å². The molecule has 6 rings (SSSR count). The summed E-state index contributed by atoms with van der Waals surface area (Å²) in [4.78, 5) is 23.9. The summed E-state index contributed by atoms with van der Waals surface area (Å²) in [5.41, 5.74) is 0.807. The smallest absolute Gasteiger partial charge is 0.254 e. The Hall–Kier alpha value is -1.73. The monoisotopic (exact) mass is 358 g/mol. The standard InChI is InChI=1S/C19H26N4O3/c1-11-15(10-20-18(21-11)23-2-4-26-5-3-23)17(24)22-16-13-6-12-7-19(25,8-13)9-14(12)16/h10,12-14,16,25H,2-9H2,1H3,(H,22,24)/t12?,13-,14-,16-,19-/m1/s1. The quantitative estimate of drug-likeness (QED) is 0.835. The molecule has 1 saturated heterocycles. The molecule has 5 atom stereocenters. The Labute approximate surface area is 153 Å². The Bertz CT molecular complexity index is 731. The summed E-state index contributed by atoms with van der Waals surface area (Å²) < 4.78 is 5.36. The number of amides is 1. The zero-order valence-electron chi connectivity index (χ0n) is 15.1. The van der Waals surface area contributed by atoms with Gasteiger partial charge in [0.05, 0.1) is 30.1 Å². The molecule has 1 unspecified atom stereocenters. The summed E-state index contributed by atoms with van der Waals surface area (Å²) in [6.45, 7) is 4.79. The van der Waals surface area contributed by atoms with Crippen molar-refractivity contribution in [3.63, 3.8) is 0 Å². The van der Waals surface area contributed by atoms with Crippen molar-refractivity contribution in [2.75, 3.05) is 31.2 Å². The Morgan fingerprint density at radius 3 is 2.81 bits per heavy atom. The number of hydrogen-bond acceptors (Lipinski definition) is 6. The number of nitrogens with zero attached hydrogens (tertiary/aromatic N) is 3. The number of morpholine rings is 1. The molecule has 1 aliphatic heterocycles. The molecule has 5 fully saturated rings. The highest BCUT2D eigenvalue weighted by molar-refractivity contribution is 5.95. The molecule has 0 spiro atoms. The van der Waals surface area contributed by atoms with E-state index in [9.17, 15) is 9.90 Å². The lowest BCUT2D eigenvalue weighted by atomic mass is 9.76. The summed E-state index contributed by atoms with van der Waals surface area (Å²) in [5.74, 6) is 2.00. The molecular formula is C19H26N4O3. The van der Waals surface area contributed by atoms with Gasteiger partial charge in [-0.1, -0.05) is 0 Å². The SMILES string of the molecule is Cc1nc(N2CCOCC2)ncc1C(=O)N[C@@H]1[C@@H]2CC3C[C@@](O)(C2)C[C@H]31. The molecule has 7 heteroatoms. The number of carbonyl (C=O) groups excluding carboxylic acids is 1. The molecule has 4 saturated carbocycles. The van der Waals surface area contributed by atoms with Crippen LogP contribution in [0.2, 0.25) is 0 Å². The molecule has 5 aliphatic rings. The van der Waals surface area contributed by atoms with Gasteiger partial charge in [0.1, 0.15) is 0 Å². The maximum atomic E-state index is 12.9. The van der Waals surface area contributed by atoms with Crippen LogP contribution in [-0.2, 0) is 4.74 Å². The number of carbonyl (C=O) groups is 1. The van der Waals surface area contributed by atoms with E-state index in [4.69, 9.17) is 4.74 Å². The second-order valence-electron chi connectivity index (χ2n) is 8.52. The minimum absolute atomic E-state index is 0.0796. The van der Waals surface area contributed by atoms with Crippen LogP contribution in [0.5, 0.6) is 0 Å². The summed E-state index contributed by atoms with van der Waals surface area (Å²) in [5, 5.41) is 13.8. The van der Waals surface area contributed by atoms with Gasteiger partial charge >= 0.3 is 0 Å². The van der Waals surface area contributed by atoms with Gasteiger partial charge in [-0.15, -0.1) is 0 Å². The normalized spacial score (nSPS) is 38.0. The third-order valence-electron chi connectivity index (χ3n) is 6.88. The minimum Gasteiger partial charge on any atom is -0.390 e. The Morgan fingerprint density at radius 1 is 1.31 bits per heavy atom. The van der Waals surface area contributed by atoms with Gasteiger partial charge in [0, 0.05) is 25.3 Å². The molecule has 4 aliphatic carbocycles. The third-order valence-corrected chi connectivity index (χ3v) is 6.88. The molecule has 26 heavy (non-hydrogen) atoms. The maximum absolute atomic E-state index is 12.9. The van der Waals surface area contributed by atoms with Crippen LogP contribution in [0.3, 0.4) is 0 Å². The Balaban J connectivity index is 1.30. The van der Waals surface area contributed by atoms with E-state index in [1.165, 1.54) is 0 Å². The van der Waals surface area contributed by atoms with Crippen molar-refractivity contribution >= 4 is 11.9 Å². The van der Waals surface area contributed by atoms with Crippen molar-refractivity contribution in [2.24, 2.45) is 17.8 Å². The molecule has 4 bridgehead atoms. The molecule has 1 aromatic rings. The predicted molar refractivity (Wildman–Crippen MR) is 94.9 cm³/mol. The number of aromatic nitrogens is 2. The number of aliphatic hydroxyl groups is 1.